The molecule has 1 fully saturated rings. The number of rotatable bonds is 2. The number of halogens is 1. The van der Waals surface area contributed by atoms with Crippen LogP contribution in [0.25, 0.3) is 0 Å². The maximum Gasteiger partial charge on any atom is 0.253 e. The molecule has 0 unspecified atom stereocenters. The third-order valence-electron chi connectivity index (χ3n) is 3.15. The van der Waals surface area contributed by atoms with E-state index in [-0.39, 0.29) is 11.8 Å². The summed E-state index contributed by atoms with van der Waals surface area (Å²) in [5, 5.41) is 4.38. The van der Waals surface area contributed by atoms with Gasteiger partial charge in [-0.25, -0.2) is 0 Å². The third-order valence-corrected chi connectivity index (χ3v) is 3.40. The van der Waals surface area contributed by atoms with Crippen molar-refractivity contribution in [2.45, 2.75) is 12.8 Å². The van der Waals surface area contributed by atoms with E-state index in [1.807, 2.05) is 0 Å². The zero-order valence-corrected chi connectivity index (χ0v) is 11.1. The van der Waals surface area contributed by atoms with Gasteiger partial charge in [0.25, 0.3) is 5.91 Å². The standard InChI is InChI=1S/C13H12ClN3O2/c1-8-15-12(19-16-8)10-6-17(7-10)13(18)9-2-4-11(14)5-3-9/h2-5,10H,6-7H2,1H3. The first-order chi connectivity index (χ1) is 9.13. The van der Waals surface area contributed by atoms with Gasteiger partial charge in [0.05, 0.1) is 5.92 Å². The molecule has 1 aliphatic rings. The quantitative estimate of drug-likeness (QED) is 0.845. The van der Waals surface area contributed by atoms with Gasteiger partial charge in [-0.1, -0.05) is 16.8 Å². The Bertz CT molecular complexity index is 603. The maximum absolute atomic E-state index is 12.1. The van der Waals surface area contributed by atoms with E-state index in [0.717, 1.165) is 0 Å². The number of hydrogen-bond donors (Lipinski definition) is 0. The molecule has 0 atom stereocenters. The highest BCUT2D eigenvalue weighted by Crippen LogP contribution is 2.27. The molecule has 3 rings (SSSR count). The molecule has 1 aromatic carbocycles. The predicted molar refractivity (Wildman–Crippen MR) is 69.1 cm³/mol. The lowest BCUT2D eigenvalue weighted by molar-refractivity contribution is 0.0569. The van der Waals surface area contributed by atoms with Crippen LogP contribution in [0, 0.1) is 6.92 Å². The van der Waals surface area contributed by atoms with Crippen molar-refractivity contribution in [2.24, 2.45) is 0 Å². The minimum absolute atomic E-state index is 0.00385. The van der Waals surface area contributed by atoms with Gasteiger partial charge in [0, 0.05) is 23.7 Å². The molecule has 19 heavy (non-hydrogen) atoms. The van der Waals surface area contributed by atoms with Crippen LogP contribution in [-0.4, -0.2) is 34.0 Å². The van der Waals surface area contributed by atoms with Crippen LogP contribution in [0.3, 0.4) is 0 Å². The van der Waals surface area contributed by atoms with E-state index in [1.165, 1.54) is 0 Å². The fraction of sp³-hybridized carbons (Fsp3) is 0.308. The van der Waals surface area contributed by atoms with E-state index >= 15 is 0 Å². The fourth-order valence-corrected chi connectivity index (χ4v) is 2.18. The number of carbonyl (C=O) groups is 1. The van der Waals surface area contributed by atoms with Gasteiger partial charge in [-0.15, -0.1) is 0 Å². The second-order valence-electron chi connectivity index (χ2n) is 4.59. The van der Waals surface area contributed by atoms with Crippen LogP contribution in [0.2, 0.25) is 5.02 Å². The molecular weight excluding hydrogens is 266 g/mol. The van der Waals surface area contributed by atoms with Crippen LogP contribution < -0.4 is 0 Å². The van der Waals surface area contributed by atoms with Crippen molar-refractivity contribution in [3.05, 3.63) is 46.6 Å². The van der Waals surface area contributed by atoms with Gasteiger partial charge >= 0.3 is 0 Å². The number of hydrogen-bond acceptors (Lipinski definition) is 4. The molecular formula is C13H12ClN3O2. The number of aromatic nitrogens is 2. The summed E-state index contributed by atoms with van der Waals surface area (Å²) >= 11 is 5.80. The molecule has 0 aliphatic carbocycles. The van der Waals surface area contributed by atoms with Crippen LogP contribution in [0.1, 0.15) is 28.0 Å². The van der Waals surface area contributed by atoms with Crippen LogP contribution >= 0.6 is 11.6 Å². The maximum atomic E-state index is 12.1. The van der Waals surface area contributed by atoms with Gasteiger partial charge in [-0.3, -0.25) is 4.79 Å². The highest BCUT2D eigenvalue weighted by molar-refractivity contribution is 6.30. The Balaban J connectivity index is 1.64. The number of benzene rings is 1. The van der Waals surface area contributed by atoms with Crippen molar-refractivity contribution < 1.29 is 9.32 Å². The van der Waals surface area contributed by atoms with Crippen molar-refractivity contribution in [3.63, 3.8) is 0 Å². The molecule has 98 valence electrons. The summed E-state index contributed by atoms with van der Waals surface area (Å²) in [7, 11) is 0. The molecule has 0 saturated carbocycles. The summed E-state index contributed by atoms with van der Waals surface area (Å²) in [5.41, 5.74) is 0.643. The van der Waals surface area contributed by atoms with Crippen molar-refractivity contribution in [1.82, 2.24) is 15.0 Å². The Morgan fingerprint density at radius 3 is 2.63 bits per heavy atom. The Morgan fingerprint density at radius 2 is 2.05 bits per heavy atom. The molecule has 6 heteroatoms. The second-order valence-corrected chi connectivity index (χ2v) is 5.03. The summed E-state index contributed by atoms with van der Waals surface area (Å²) < 4.78 is 5.10. The highest BCUT2D eigenvalue weighted by Gasteiger charge is 2.35. The molecule has 0 N–H and O–H groups in total. The summed E-state index contributed by atoms with van der Waals surface area (Å²) in [4.78, 5) is 18.1. The van der Waals surface area contributed by atoms with E-state index in [9.17, 15) is 4.79 Å². The summed E-state index contributed by atoms with van der Waals surface area (Å²) in [5.74, 6) is 1.39. The predicted octanol–water partition coefficient (Wildman–Crippen LogP) is 2.27. The lowest BCUT2D eigenvalue weighted by Crippen LogP contribution is -2.48. The molecule has 1 aliphatic heterocycles. The molecule has 1 amide bonds. The lowest BCUT2D eigenvalue weighted by Gasteiger charge is -2.37. The van der Waals surface area contributed by atoms with E-state index in [2.05, 4.69) is 10.1 Å². The summed E-state index contributed by atoms with van der Waals surface area (Å²) in [6.45, 7) is 3.01. The number of nitrogens with zero attached hydrogens (tertiary/aromatic N) is 3. The minimum Gasteiger partial charge on any atom is -0.339 e. The third kappa shape index (κ3) is 2.33. The van der Waals surface area contributed by atoms with Gasteiger partial charge < -0.3 is 9.42 Å². The van der Waals surface area contributed by atoms with E-state index in [0.29, 0.717) is 35.4 Å². The Labute approximate surface area is 115 Å². The molecule has 2 heterocycles. The van der Waals surface area contributed by atoms with Crippen molar-refractivity contribution >= 4 is 17.5 Å². The van der Waals surface area contributed by atoms with Gasteiger partial charge in [-0.05, 0) is 31.2 Å². The number of amides is 1. The first-order valence-corrected chi connectivity index (χ1v) is 6.36. The minimum atomic E-state index is 0.00385. The van der Waals surface area contributed by atoms with E-state index < -0.39 is 0 Å². The van der Waals surface area contributed by atoms with Gasteiger partial charge in [-0.2, -0.15) is 4.98 Å². The van der Waals surface area contributed by atoms with Crippen molar-refractivity contribution in [2.75, 3.05) is 13.1 Å². The smallest absolute Gasteiger partial charge is 0.253 e. The van der Waals surface area contributed by atoms with Crippen LogP contribution in [0.4, 0.5) is 0 Å². The van der Waals surface area contributed by atoms with Gasteiger partial charge in [0.1, 0.15) is 0 Å². The SMILES string of the molecule is Cc1noc(C2CN(C(=O)c3ccc(Cl)cc3)C2)n1. The van der Waals surface area contributed by atoms with Gasteiger partial charge in [0.15, 0.2) is 5.82 Å². The van der Waals surface area contributed by atoms with Crippen LogP contribution in [0.15, 0.2) is 28.8 Å². The topological polar surface area (TPSA) is 59.2 Å². The fourth-order valence-electron chi connectivity index (χ4n) is 2.05. The lowest BCUT2D eigenvalue weighted by atomic mass is 9.99. The zero-order valence-electron chi connectivity index (χ0n) is 10.3. The molecule has 2 aromatic rings. The monoisotopic (exact) mass is 277 g/mol. The van der Waals surface area contributed by atoms with Crippen LogP contribution in [-0.2, 0) is 0 Å². The Hall–Kier alpha value is -1.88. The first-order valence-electron chi connectivity index (χ1n) is 5.98. The number of aryl methyl sites for hydroxylation is 1. The molecule has 1 aromatic heterocycles. The van der Waals surface area contributed by atoms with E-state index in [4.69, 9.17) is 16.1 Å². The highest BCUT2D eigenvalue weighted by atomic mass is 35.5. The number of likely N-dealkylation sites (tertiary alicyclic amines) is 1. The number of carbonyl (C=O) groups excluding carboxylic acids is 1. The summed E-state index contributed by atoms with van der Waals surface area (Å²) in [6.07, 6.45) is 0. The van der Waals surface area contributed by atoms with E-state index in [1.54, 1.807) is 36.1 Å². The average molecular weight is 278 g/mol. The Kier molecular flexibility index (Phi) is 2.98. The zero-order chi connectivity index (χ0) is 13.4. The average Bonchev–Trinajstić information content (AvgIpc) is 2.74. The largest absolute Gasteiger partial charge is 0.339 e. The first kappa shape index (κ1) is 12.2. The second kappa shape index (κ2) is 4.66. The molecule has 0 radical (unpaired) electrons. The van der Waals surface area contributed by atoms with Crippen LogP contribution in [0.5, 0.6) is 0 Å². The molecule has 1 saturated heterocycles. The van der Waals surface area contributed by atoms with Crippen molar-refractivity contribution in [3.8, 4) is 0 Å². The molecule has 0 spiro atoms. The Morgan fingerprint density at radius 1 is 1.37 bits per heavy atom. The molecule has 0 bridgehead atoms. The van der Waals surface area contributed by atoms with Crippen molar-refractivity contribution in [1.29, 1.82) is 0 Å². The summed E-state index contributed by atoms with van der Waals surface area (Å²) in [6, 6.07) is 6.89. The van der Waals surface area contributed by atoms with Gasteiger partial charge in [0.2, 0.25) is 5.89 Å². The molecule has 5 nitrogen and oxygen atoms in total. The normalized spacial score (nSPS) is 15.4.